The predicted molar refractivity (Wildman–Crippen MR) is 94.1 cm³/mol. The van der Waals surface area contributed by atoms with Crippen LogP contribution in [0.1, 0.15) is 20.8 Å². The van der Waals surface area contributed by atoms with E-state index < -0.39 is 0 Å². The highest BCUT2D eigenvalue weighted by Gasteiger charge is 2.29. The van der Waals surface area contributed by atoms with Crippen LogP contribution in [0.25, 0.3) is 10.2 Å². The normalized spacial score (nSPS) is 18.2. The van der Waals surface area contributed by atoms with Crippen molar-refractivity contribution in [1.82, 2.24) is 9.88 Å². The third-order valence-corrected chi connectivity index (χ3v) is 5.05. The number of carbonyl (C=O) groups excluding carboxylic acids is 1. The predicted octanol–water partition coefficient (Wildman–Crippen LogP) is 2.76. The van der Waals surface area contributed by atoms with Gasteiger partial charge in [0.15, 0.2) is 5.13 Å². The molecule has 6 heteroatoms. The SMILES string of the molecule is CCN(C(=O)CN1CCOC(C)(C)C1)c1nc2ccccc2s1. The molecule has 1 aromatic heterocycles. The lowest BCUT2D eigenvalue weighted by Gasteiger charge is -2.38. The molecule has 0 atom stereocenters. The first-order valence-electron chi connectivity index (χ1n) is 8.01. The largest absolute Gasteiger partial charge is 0.373 e. The van der Waals surface area contributed by atoms with Crippen LogP contribution < -0.4 is 4.90 Å². The number of benzene rings is 1. The zero-order valence-electron chi connectivity index (χ0n) is 13.9. The van der Waals surface area contributed by atoms with E-state index in [9.17, 15) is 4.79 Å². The Morgan fingerprint density at radius 1 is 1.43 bits per heavy atom. The van der Waals surface area contributed by atoms with Crippen LogP contribution in [0.4, 0.5) is 5.13 Å². The molecule has 3 rings (SSSR count). The van der Waals surface area contributed by atoms with E-state index in [4.69, 9.17) is 4.74 Å². The van der Waals surface area contributed by atoms with Crippen LogP contribution in [0, 0.1) is 0 Å². The van der Waals surface area contributed by atoms with Gasteiger partial charge in [-0.3, -0.25) is 14.6 Å². The molecule has 124 valence electrons. The third kappa shape index (κ3) is 3.71. The number of hydrogen-bond acceptors (Lipinski definition) is 5. The third-order valence-electron chi connectivity index (χ3n) is 3.99. The number of amides is 1. The lowest BCUT2D eigenvalue weighted by atomic mass is 10.1. The molecule has 2 heterocycles. The maximum Gasteiger partial charge on any atom is 0.242 e. The fourth-order valence-electron chi connectivity index (χ4n) is 2.92. The van der Waals surface area contributed by atoms with Crippen molar-refractivity contribution in [2.75, 3.05) is 37.7 Å². The summed E-state index contributed by atoms with van der Waals surface area (Å²) in [7, 11) is 0. The number of nitrogens with zero attached hydrogens (tertiary/aromatic N) is 3. The Kier molecular flexibility index (Phi) is 4.66. The second-order valence-electron chi connectivity index (χ2n) is 6.42. The molecule has 5 nitrogen and oxygen atoms in total. The Bertz CT molecular complexity index is 665. The van der Waals surface area contributed by atoms with Crippen LogP contribution in [0.15, 0.2) is 24.3 Å². The van der Waals surface area contributed by atoms with Crippen molar-refractivity contribution in [3.05, 3.63) is 24.3 Å². The van der Waals surface area contributed by atoms with Crippen LogP contribution in [0.3, 0.4) is 0 Å². The number of fused-ring (bicyclic) bond motifs is 1. The summed E-state index contributed by atoms with van der Waals surface area (Å²) in [5, 5.41) is 0.784. The van der Waals surface area contributed by atoms with Gasteiger partial charge >= 0.3 is 0 Å². The molecule has 0 bridgehead atoms. The fourth-order valence-corrected chi connectivity index (χ4v) is 3.97. The molecule has 0 radical (unpaired) electrons. The Labute approximate surface area is 140 Å². The monoisotopic (exact) mass is 333 g/mol. The summed E-state index contributed by atoms with van der Waals surface area (Å²) in [5.74, 6) is 0.101. The van der Waals surface area contributed by atoms with Crippen molar-refractivity contribution < 1.29 is 9.53 Å². The van der Waals surface area contributed by atoms with Crippen LogP contribution >= 0.6 is 11.3 Å². The number of aromatic nitrogens is 1. The molecule has 23 heavy (non-hydrogen) atoms. The number of ether oxygens (including phenoxy) is 1. The summed E-state index contributed by atoms with van der Waals surface area (Å²) in [6.45, 7) is 9.41. The minimum atomic E-state index is -0.189. The highest BCUT2D eigenvalue weighted by Crippen LogP contribution is 2.28. The van der Waals surface area contributed by atoms with Gasteiger partial charge in [0.05, 0.1) is 29.0 Å². The van der Waals surface area contributed by atoms with E-state index in [1.807, 2.05) is 31.2 Å². The summed E-state index contributed by atoms with van der Waals surface area (Å²) < 4.78 is 6.82. The number of anilines is 1. The Balaban J connectivity index is 1.73. The molecule has 1 aromatic carbocycles. The Morgan fingerprint density at radius 3 is 2.91 bits per heavy atom. The first-order chi connectivity index (χ1) is 11.0. The van der Waals surface area contributed by atoms with Crippen LogP contribution in [0.5, 0.6) is 0 Å². The summed E-state index contributed by atoms with van der Waals surface area (Å²) in [5.41, 5.74) is 0.761. The maximum absolute atomic E-state index is 12.7. The second-order valence-corrected chi connectivity index (χ2v) is 7.43. The van der Waals surface area contributed by atoms with Gasteiger partial charge in [-0.1, -0.05) is 23.5 Å². The molecule has 2 aromatic rings. The first kappa shape index (κ1) is 16.4. The summed E-state index contributed by atoms with van der Waals surface area (Å²) >= 11 is 1.57. The lowest BCUT2D eigenvalue weighted by molar-refractivity contribution is -0.125. The molecule has 1 fully saturated rings. The topological polar surface area (TPSA) is 45.7 Å². The minimum absolute atomic E-state index is 0.101. The van der Waals surface area contributed by atoms with Crippen molar-refractivity contribution in [1.29, 1.82) is 0 Å². The highest BCUT2D eigenvalue weighted by molar-refractivity contribution is 7.22. The number of likely N-dealkylation sites (N-methyl/N-ethyl adjacent to an activating group) is 1. The average molecular weight is 333 g/mol. The first-order valence-corrected chi connectivity index (χ1v) is 8.82. The summed E-state index contributed by atoms with van der Waals surface area (Å²) in [6.07, 6.45) is 0. The Morgan fingerprint density at radius 2 is 2.22 bits per heavy atom. The van der Waals surface area contributed by atoms with Gasteiger partial charge in [0, 0.05) is 19.6 Å². The van der Waals surface area contributed by atoms with E-state index in [-0.39, 0.29) is 11.5 Å². The molecule has 0 aliphatic carbocycles. The molecule has 1 saturated heterocycles. The molecule has 1 aliphatic heterocycles. The molecular formula is C17H23N3O2S. The molecule has 1 aliphatic rings. The van der Waals surface area contributed by atoms with Gasteiger partial charge in [-0.25, -0.2) is 4.98 Å². The number of carbonyl (C=O) groups is 1. The van der Waals surface area contributed by atoms with Gasteiger partial charge in [0.1, 0.15) is 0 Å². The fraction of sp³-hybridized carbons (Fsp3) is 0.529. The number of para-hydroxylation sites is 1. The van der Waals surface area contributed by atoms with Gasteiger partial charge < -0.3 is 4.74 Å². The standard InChI is InChI=1S/C17H23N3O2S/c1-4-20(16-18-13-7-5-6-8-14(13)23-16)15(21)11-19-9-10-22-17(2,3)12-19/h5-8H,4,9-12H2,1-3H3. The lowest BCUT2D eigenvalue weighted by Crippen LogP contribution is -2.51. The van der Waals surface area contributed by atoms with Crippen LogP contribution in [-0.4, -0.2) is 54.2 Å². The second kappa shape index (κ2) is 6.55. The van der Waals surface area contributed by atoms with Crippen molar-refractivity contribution >= 4 is 32.6 Å². The summed E-state index contributed by atoms with van der Waals surface area (Å²) in [6, 6.07) is 8.00. The molecule has 0 unspecified atom stereocenters. The van der Waals surface area contributed by atoms with Crippen molar-refractivity contribution in [3.63, 3.8) is 0 Å². The van der Waals surface area contributed by atoms with Gasteiger partial charge in [-0.2, -0.15) is 0 Å². The summed E-state index contributed by atoms with van der Waals surface area (Å²) in [4.78, 5) is 21.3. The number of hydrogen-bond donors (Lipinski definition) is 0. The molecule has 0 N–H and O–H groups in total. The number of rotatable bonds is 4. The van der Waals surface area contributed by atoms with Crippen molar-refractivity contribution in [2.45, 2.75) is 26.4 Å². The van der Waals surface area contributed by atoms with E-state index in [0.717, 1.165) is 28.4 Å². The van der Waals surface area contributed by atoms with E-state index in [2.05, 4.69) is 23.7 Å². The molecular weight excluding hydrogens is 310 g/mol. The molecule has 1 amide bonds. The average Bonchev–Trinajstić information content (AvgIpc) is 2.90. The molecule has 0 spiro atoms. The van der Waals surface area contributed by atoms with E-state index in [1.165, 1.54) is 0 Å². The van der Waals surface area contributed by atoms with Gasteiger partial charge in [0.25, 0.3) is 0 Å². The zero-order chi connectivity index (χ0) is 16.4. The van der Waals surface area contributed by atoms with E-state index in [1.54, 1.807) is 16.2 Å². The number of morpholine rings is 1. The van der Waals surface area contributed by atoms with E-state index >= 15 is 0 Å². The van der Waals surface area contributed by atoms with E-state index in [0.29, 0.717) is 19.7 Å². The maximum atomic E-state index is 12.7. The highest BCUT2D eigenvalue weighted by atomic mass is 32.1. The Hall–Kier alpha value is -1.50. The van der Waals surface area contributed by atoms with Crippen molar-refractivity contribution in [2.24, 2.45) is 0 Å². The van der Waals surface area contributed by atoms with Crippen molar-refractivity contribution in [3.8, 4) is 0 Å². The van der Waals surface area contributed by atoms with Crippen LogP contribution in [-0.2, 0) is 9.53 Å². The smallest absolute Gasteiger partial charge is 0.242 e. The van der Waals surface area contributed by atoms with Crippen LogP contribution in [0.2, 0.25) is 0 Å². The number of thiazole rings is 1. The van der Waals surface area contributed by atoms with Gasteiger partial charge in [-0.05, 0) is 32.9 Å². The molecule has 0 saturated carbocycles. The van der Waals surface area contributed by atoms with Gasteiger partial charge in [0.2, 0.25) is 5.91 Å². The zero-order valence-corrected chi connectivity index (χ0v) is 14.7. The minimum Gasteiger partial charge on any atom is -0.373 e. The quantitative estimate of drug-likeness (QED) is 0.863. The van der Waals surface area contributed by atoms with Gasteiger partial charge in [-0.15, -0.1) is 0 Å².